The average Bonchev–Trinajstić information content (AvgIpc) is 2.92. The van der Waals surface area contributed by atoms with Gasteiger partial charge in [0.15, 0.2) is 10.1 Å². The molecule has 0 saturated heterocycles. The molecule has 0 unspecified atom stereocenters. The summed E-state index contributed by atoms with van der Waals surface area (Å²) in [5.74, 6) is 0. The fraction of sp³-hybridized carbons (Fsp3) is 0.103. The second-order valence-electron chi connectivity index (χ2n) is 8.17. The lowest BCUT2D eigenvalue weighted by Crippen LogP contribution is -2.33. The Morgan fingerprint density at radius 3 is 1.24 bits per heavy atom. The summed E-state index contributed by atoms with van der Waals surface area (Å²) in [5.41, 5.74) is -3.19. The van der Waals surface area contributed by atoms with Crippen LogP contribution in [0, 0.1) is 0 Å². The average molecular weight is 558 g/mol. The van der Waals surface area contributed by atoms with Crippen LogP contribution >= 0.6 is 7.26 Å². The second-order valence-corrected chi connectivity index (χ2v) is 12.9. The van der Waals surface area contributed by atoms with E-state index in [4.69, 9.17) is 13.0 Å². The first-order valence-corrected chi connectivity index (χ1v) is 14.8. The number of benzene rings is 4. The predicted molar refractivity (Wildman–Crippen MR) is 149 cm³/mol. The monoisotopic (exact) mass is 557 g/mol. The third kappa shape index (κ3) is 6.33. The maximum absolute atomic E-state index is 10.7. The van der Waals surface area contributed by atoms with Crippen molar-refractivity contribution in [3.05, 3.63) is 133 Å². The summed E-state index contributed by atoms with van der Waals surface area (Å²) < 4.78 is 58.9. The molecule has 9 heteroatoms. The summed E-state index contributed by atoms with van der Waals surface area (Å²) in [6, 6.07) is 43.8. The molecule has 4 aromatic rings. The van der Waals surface area contributed by atoms with Gasteiger partial charge < -0.3 is 9.87 Å². The number of hydrogen-bond acceptors (Lipinski definition) is 4. The Kier molecular flexibility index (Phi) is 9.50. The van der Waals surface area contributed by atoms with Crippen molar-refractivity contribution >= 4 is 38.6 Å². The number of hydrogen-bond donors (Lipinski definition) is 1. The molecule has 0 heterocycles. The molecule has 0 amide bonds. The highest BCUT2D eigenvalue weighted by atomic mass is 32.2. The van der Waals surface area contributed by atoms with E-state index in [9.17, 15) is 13.2 Å². The Bertz CT molecular complexity index is 1350. The van der Waals surface area contributed by atoms with Gasteiger partial charge in [-0.15, -0.1) is 0 Å². The van der Waals surface area contributed by atoms with E-state index in [0.29, 0.717) is 0 Å². The van der Waals surface area contributed by atoms with Gasteiger partial charge in [-0.3, -0.25) is 0 Å². The van der Waals surface area contributed by atoms with Crippen molar-refractivity contribution in [3.8, 4) is 0 Å². The zero-order valence-electron chi connectivity index (χ0n) is 20.8. The predicted octanol–water partition coefficient (Wildman–Crippen LogP) is 5.64. The van der Waals surface area contributed by atoms with Crippen molar-refractivity contribution in [2.45, 2.75) is 12.4 Å². The largest absolute Gasteiger partial charge is 0.741 e. The van der Waals surface area contributed by atoms with E-state index >= 15 is 0 Å². The number of halogens is 3. The van der Waals surface area contributed by atoms with Crippen LogP contribution in [-0.4, -0.2) is 25.5 Å². The SMILES string of the molecule is CN/C(C)=C(\c1ccccc1)[P+](c1ccccc1)(c1ccccc1)c1ccccc1.O=S(=O)([O-])C(F)(F)F. The Balaban J connectivity index is 0.000000436. The molecule has 0 atom stereocenters. The molecule has 0 fully saturated rings. The fourth-order valence-corrected chi connectivity index (χ4v) is 8.84. The van der Waals surface area contributed by atoms with E-state index < -0.39 is 22.9 Å². The molecule has 198 valence electrons. The van der Waals surface area contributed by atoms with Crippen LogP contribution in [0.2, 0.25) is 0 Å². The summed E-state index contributed by atoms with van der Waals surface area (Å²) in [6.07, 6.45) is 0. The van der Waals surface area contributed by atoms with Crippen LogP contribution in [0.3, 0.4) is 0 Å². The Morgan fingerprint density at radius 1 is 0.684 bits per heavy atom. The molecule has 0 aromatic heterocycles. The van der Waals surface area contributed by atoms with Crippen LogP contribution in [-0.2, 0) is 10.1 Å². The van der Waals surface area contributed by atoms with Gasteiger partial charge in [0.1, 0.15) is 28.5 Å². The number of alkyl halides is 3. The van der Waals surface area contributed by atoms with Gasteiger partial charge in [0, 0.05) is 12.6 Å². The van der Waals surface area contributed by atoms with E-state index in [0.717, 1.165) is 0 Å². The highest BCUT2D eigenvalue weighted by Crippen LogP contribution is 2.66. The maximum atomic E-state index is 10.7. The molecule has 0 aliphatic heterocycles. The quantitative estimate of drug-likeness (QED) is 0.189. The van der Waals surface area contributed by atoms with Crippen molar-refractivity contribution in [1.82, 2.24) is 5.32 Å². The highest BCUT2D eigenvalue weighted by molar-refractivity contribution is 8.03. The van der Waals surface area contributed by atoms with E-state index in [-0.39, 0.29) is 0 Å². The molecule has 0 saturated carbocycles. The van der Waals surface area contributed by atoms with E-state index in [1.54, 1.807) is 0 Å². The molecule has 1 N–H and O–H groups in total. The third-order valence-electron chi connectivity index (χ3n) is 5.83. The lowest BCUT2D eigenvalue weighted by atomic mass is 10.2. The van der Waals surface area contributed by atoms with Crippen molar-refractivity contribution in [3.63, 3.8) is 0 Å². The second kappa shape index (κ2) is 12.4. The Labute approximate surface area is 222 Å². The standard InChI is InChI=1S/C28H27NP.CHF3O3S/c1-23(29-2)28(24-15-7-3-8-16-24)30(25-17-9-4-10-18-25,26-19-11-5-12-20-26)27-21-13-6-14-22-27;2-1(3,4)8(5,6)7/h3-22,29H,1-2H3;(H,5,6,7)/q+1;/p-1/b28-23+;. The molecule has 38 heavy (non-hydrogen) atoms. The van der Waals surface area contributed by atoms with Gasteiger partial charge >= 0.3 is 5.51 Å². The van der Waals surface area contributed by atoms with Crippen LogP contribution in [0.1, 0.15) is 12.5 Å². The highest BCUT2D eigenvalue weighted by Gasteiger charge is 2.51. The molecule has 4 aromatic carbocycles. The lowest BCUT2D eigenvalue weighted by Gasteiger charge is -2.31. The smallest absolute Gasteiger partial charge is 0.485 e. The van der Waals surface area contributed by atoms with Crippen LogP contribution in [0.25, 0.3) is 5.31 Å². The van der Waals surface area contributed by atoms with Gasteiger partial charge in [0.2, 0.25) is 0 Å². The zero-order chi connectivity index (χ0) is 27.8. The molecule has 0 radical (unpaired) electrons. The van der Waals surface area contributed by atoms with Gasteiger partial charge in [0.25, 0.3) is 0 Å². The molecule has 0 aliphatic carbocycles. The molecule has 0 spiro atoms. The van der Waals surface area contributed by atoms with Crippen molar-refractivity contribution in [2.75, 3.05) is 7.05 Å². The zero-order valence-corrected chi connectivity index (χ0v) is 22.5. The van der Waals surface area contributed by atoms with Crippen LogP contribution in [0.5, 0.6) is 0 Å². The van der Waals surface area contributed by atoms with Gasteiger partial charge in [-0.05, 0) is 43.3 Å². The minimum Gasteiger partial charge on any atom is -0.741 e. The van der Waals surface area contributed by atoms with Crippen molar-refractivity contribution in [2.24, 2.45) is 0 Å². The Morgan fingerprint density at radius 2 is 0.974 bits per heavy atom. The van der Waals surface area contributed by atoms with E-state index in [1.807, 2.05) is 7.05 Å². The minimum atomic E-state index is -6.09. The normalized spacial score (nSPS) is 12.6. The van der Waals surface area contributed by atoms with Gasteiger partial charge in [-0.1, -0.05) is 84.9 Å². The lowest BCUT2D eigenvalue weighted by molar-refractivity contribution is -0.0517. The van der Waals surface area contributed by atoms with Crippen LogP contribution in [0.15, 0.2) is 127 Å². The summed E-state index contributed by atoms with van der Waals surface area (Å²) in [6.45, 7) is 2.20. The minimum absolute atomic E-state index is 1.20. The van der Waals surface area contributed by atoms with Crippen LogP contribution in [0.4, 0.5) is 13.2 Å². The van der Waals surface area contributed by atoms with Gasteiger partial charge in [0.05, 0.1) is 5.70 Å². The number of rotatable bonds is 6. The summed E-state index contributed by atoms with van der Waals surface area (Å²) >= 11 is 0. The summed E-state index contributed by atoms with van der Waals surface area (Å²) in [5, 5.41) is 8.93. The molecular weight excluding hydrogens is 530 g/mol. The summed E-state index contributed by atoms with van der Waals surface area (Å²) in [4.78, 5) is 0. The van der Waals surface area contributed by atoms with Crippen molar-refractivity contribution in [1.29, 1.82) is 0 Å². The summed E-state index contributed by atoms with van der Waals surface area (Å²) in [7, 11) is -6.21. The maximum Gasteiger partial charge on any atom is 0.485 e. The third-order valence-corrected chi connectivity index (χ3v) is 10.9. The number of nitrogens with one attached hydrogen (secondary N) is 1. The molecule has 4 nitrogen and oxygen atoms in total. The Hall–Kier alpha value is -3.45. The van der Waals surface area contributed by atoms with E-state index in [1.165, 1.54) is 32.5 Å². The molecule has 4 rings (SSSR count). The number of allylic oxidation sites excluding steroid dienone is 1. The van der Waals surface area contributed by atoms with Crippen molar-refractivity contribution < 1.29 is 26.1 Å². The molecule has 0 bridgehead atoms. The van der Waals surface area contributed by atoms with Gasteiger partial charge in [-0.2, -0.15) is 13.2 Å². The molecule has 0 aliphatic rings. The molecular formula is C29H27F3NO3PS. The first-order valence-electron chi connectivity index (χ1n) is 11.6. The fourth-order valence-electron chi connectivity index (χ4n) is 4.17. The van der Waals surface area contributed by atoms with E-state index in [2.05, 4.69) is 134 Å². The first kappa shape index (κ1) is 29.1. The van der Waals surface area contributed by atoms with Crippen LogP contribution < -0.4 is 21.2 Å². The van der Waals surface area contributed by atoms with Gasteiger partial charge in [-0.25, -0.2) is 8.42 Å². The topological polar surface area (TPSA) is 69.2 Å². The first-order chi connectivity index (χ1) is 18.0.